The van der Waals surface area contributed by atoms with Crippen LogP contribution in [-0.2, 0) is 22.0 Å². The minimum Gasteiger partial charge on any atom is -0.265 e. The molecule has 0 amide bonds. The van der Waals surface area contributed by atoms with Crippen LogP contribution in [0.25, 0.3) is 0 Å². The van der Waals surface area contributed by atoms with Gasteiger partial charge in [-0.2, -0.15) is 4.31 Å². The fraction of sp³-hybridized carbons (Fsp3) is 0.421. The monoisotopic (exact) mass is 346 g/mol. The van der Waals surface area contributed by atoms with E-state index in [9.17, 15) is 8.42 Å². The number of aryl methyl sites for hydroxylation is 2. The Morgan fingerprint density at radius 2 is 1.54 bits per heavy atom. The van der Waals surface area contributed by atoms with Crippen LogP contribution < -0.4 is 0 Å². The summed E-state index contributed by atoms with van der Waals surface area (Å²) in [5.74, 6) is 0. The second kappa shape index (κ2) is 6.65. The third-order valence-electron chi connectivity index (χ3n) is 4.15. The van der Waals surface area contributed by atoms with Crippen LogP contribution in [0, 0.1) is 13.8 Å². The third kappa shape index (κ3) is 3.84. The van der Waals surface area contributed by atoms with Crippen LogP contribution in [0.3, 0.4) is 0 Å². The minimum absolute atomic E-state index is 0.0131. The highest BCUT2D eigenvalue weighted by Crippen LogP contribution is 2.30. The first kappa shape index (κ1) is 18.6. The van der Waals surface area contributed by atoms with Crippen LogP contribution in [0.2, 0.25) is 0 Å². The second-order valence-electron chi connectivity index (χ2n) is 7.31. The third-order valence-corrected chi connectivity index (χ3v) is 6.26. The summed E-state index contributed by atoms with van der Waals surface area (Å²) in [4.78, 5) is 4.38. The molecule has 24 heavy (non-hydrogen) atoms. The van der Waals surface area contributed by atoms with Crippen molar-refractivity contribution in [3.05, 3.63) is 58.9 Å². The van der Waals surface area contributed by atoms with Crippen LogP contribution >= 0.6 is 0 Å². The van der Waals surface area contributed by atoms with E-state index in [1.54, 1.807) is 19.4 Å². The molecule has 0 spiro atoms. The van der Waals surface area contributed by atoms with Gasteiger partial charge in [0.25, 0.3) is 0 Å². The van der Waals surface area contributed by atoms with E-state index in [2.05, 4.69) is 25.8 Å². The van der Waals surface area contributed by atoms with Crippen molar-refractivity contribution < 1.29 is 8.42 Å². The lowest BCUT2D eigenvalue weighted by molar-refractivity contribution is 0.465. The van der Waals surface area contributed by atoms with Gasteiger partial charge in [0.15, 0.2) is 0 Å². The predicted molar refractivity (Wildman–Crippen MR) is 97.5 cm³/mol. The van der Waals surface area contributed by atoms with Gasteiger partial charge in [-0.1, -0.05) is 32.9 Å². The summed E-state index contributed by atoms with van der Waals surface area (Å²) >= 11 is 0. The molecule has 130 valence electrons. The minimum atomic E-state index is -3.55. The van der Waals surface area contributed by atoms with E-state index >= 15 is 0 Å². The zero-order valence-electron chi connectivity index (χ0n) is 15.3. The van der Waals surface area contributed by atoms with E-state index in [4.69, 9.17) is 0 Å². The molecule has 5 heteroatoms. The van der Waals surface area contributed by atoms with Crippen LogP contribution in [0.15, 0.2) is 41.6 Å². The Labute approximate surface area is 145 Å². The zero-order valence-corrected chi connectivity index (χ0v) is 16.1. The van der Waals surface area contributed by atoms with Gasteiger partial charge in [0, 0.05) is 26.0 Å². The van der Waals surface area contributed by atoms with E-state index in [0.717, 1.165) is 22.3 Å². The van der Waals surface area contributed by atoms with E-state index in [0.29, 0.717) is 11.4 Å². The molecule has 1 heterocycles. The average Bonchev–Trinajstić information content (AvgIpc) is 2.46. The first-order valence-electron chi connectivity index (χ1n) is 8.00. The topological polar surface area (TPSA) is 50.3 Å². The van der Waals surface area contributed by atoms with Crippen molar-refractivity contribution in [2.24, 2.45) is 0 Å². The van der Waals surface area contributed by atoms with Gasteiger partial charge < -0.3 is 0 Å². The molecule has 0 aliphatic heterocycles. The predicted octanol–water partition coefficient (Wildman–Crippen LogP) is 3.82. The average molecular weight is 346 g/mol. The summed E-state index contributed by atoms with van der Waals surface area (Å²) in [6.07, 6.45) is 3.34. The van der Waals surface area contributed by atoms with E-state index in [-0.39, 0.29) is 5.41 Å². The number of pyridine rings is 1. The van der Waals surface area contributed by atoms with Gasteiger partial charge in [0.2, 0.25) is 10.0 Å². The van der Waals surface area contributed by atoms with Gasteiger partial charge in [-0.15, -0.1) is 0 Å². The first-order chi connectivity index (χ1) is 11.0. The van der Waals surface area contributed by atoms with Crippen molar-refractivity contribution in [3.63, 3.8) is 0 Å². The molecule has 2 rings (SSSR count). The van der Waals surface area contributed by atoms with Crippen LogP contribution in [0.5, 0.6) is 0 Å². The normalized spacial score (nSPS) is 12.6. The molecule has 0 saturated carbocycles. The van der Waals surface area contributed by atoms with Crippen molar-refractivity contribution in [3.8, 4) is 0 Å². The molecule has 0 fully saturated rings. The van der Waals surface area contributed by atoms with Gasteiger partial charge in [-0.3, -0.25) is 4.98 Å². The highest BCUT2D eigenvalue weighted by Gasteiger charge is 2.26. The number of hydrogen-bond donors (Lipinski definition) is 0. The Balaban J connectivity index is 2.42. The standard InChI is InChI=1S/C19H26N2O2S/c1-14-11-17(19(3,4)5)12-15(2)18(14)24(22,23)21(6)13-16-7-9-20-10-8-16/h7-12H,13H2,1-6H3. The largest absolute Gasteiger partial charge is 0.265 e. The van der Waals surface area contributed by atoms with Crippen molar-refractivity contribution in [2.45, 2.75) is 51.5 Å². The quantitative estimate of drug-likeness (QED) is 0.846. The Morgan fingerprint density at radius 3 is 2.00 bits per heavy atom. The number of rotatable bonds is 4. The molecule has 0 radical (unpaired) electrons. The Bertz CT molecular complexity index is 799. The molecule has 0 atom stereocenters. The summed E-state index contributed by atoms with van der Waals surface area (Å²) in [6, 6.07) is 7.63. The smallest absolute Gasteiger partial charge is 0.243 e. The van der Waals surface area contributed by atoms with Gasteiger partial charge in [0.05, 0.1) is 4.90 Å². The fourth-order valence-corrected chi connectivity index (χ4v) is 4.34. The van der Waals surface area contributed by atoms with Crippen molar-refractivity contribution >= 4 is 10.0 Å². The van der Waals surface area contributed by atoms with Crippen LogP contribution in [-0.4, -0.2) is 24.8 Å². The lowest BCUT2D eigenvalue weighted by atomic mass is 9.85. The molecule has 0 N–H and O–H groups in total. The number of hydrogen-bond acceptors (Lipinski definition) is 3. The zero-order chi connectivity index (χ0) is 18.1. The van der Waals surface area contributed by atoms with Gasteiger partial charge >= 0.3 is 0 Å². The summed E-state index contributed by atoms with van der Waals surface area (Å²) in [6.45, 7) is 10.5. The lowest BCUT2D eigenvalue weighted by Crippen LogP contribution is -2.28. The highest BCUT2D eigenvalue weighted by atomic mass is 32.2. The van der Waals surface area contributed by atoms with Crippen molar-refractivity contribution in [1.82, 2.24) is 9.29 Å². The van der Waals surface area contributed by atoms with Gasteiger partial charge in [-0.25, -0.2) is 8.42 Å². The number of benzene rings is 1. The number of sulfonamides is 1. The van der Waals surface area contributed by atoms with E-state index in [1.165, 1.54) is 4.31 Å². The summed E-state index contributed by atoms with van der Waals surface area (Å²) in [5.41, 5.74) is 3.63. The van der Waals surface area contributed by atoms with Crippen LogP contribution in [0.4, 0.5) is 0 Å². The highest BCUT2D eigenvalue weighted by molar-refractivity contribution is 7.89. The molecule has 2 aromatic rings. The van der Waals surface area contributed by atoms with Gasteiger partial charge in [0.1, 0.15) is 0 Å². The van der Waals surface area contributed by atoms with E-state index < -0.39 is 10.0 Å². The molecular weight excluding hydrogens is 320 g/mol. The molecular formula is C19H26N2O2S. The maximum atomic E-state index is 13.0. The SMILES string of the molecule is Cc1cc(C(C)(C)C)cc(C)c1S(=O)(=O)N(C)Cc1ccncc1. The molecule has 0 aliphatic carbocycles. The maximum absolute atomic E-state index is 13.0. The second-order valence-corrected chi connectivity index (χ2v) is 9.29. The summed E-state index contributed by atoms with van der Waals surface area (Å²) < 4.78 is 27.5. The molecule has 4 nitrogen and oxygen atoms in total. The lowest BCUT2D eigenvalue weighted by Gasteiger charge is -2.24. The summed E-state index contributed by atoms with van der Waals surface area (Å²) in [7, 11) is -1.93. The summed E-state index contributed by atoms with van der Waals surface area (Å²) in [5, 5.41) is 0. The molecule has 1 aromatic carbocycles. The molecule has 0 saturated heterocycles. The first-order valence-corrected chi connectivity index (χ1v) is 9.44. The Kier molecular flexibility index (Phi) is 5.16. The fourth-order valence-electron chi connectivity index (χ4n) is 2.78. The molecule has 0 bridgehead atoms. The van der Waals surface area contributed by atoms with Crippen molar-refractivity contribution in [2.75, 3.05) is 7.05 Å². The van der Waals surface area contributed by atoms with Crippen molar-refractivity contribution in [1.29, 1.82) is 0 Å². The number of aromatic nitrogens is 1. The number of nitrogens with zero attached hydrogens (tertiary/aromatic N) is 2. The molecule has 0 unspecified atom stereocenters. The maximum Gasteiger partial charge on any atom is 0.243 e. The van der Waals surface area contributed by atoms with Gasteiger partial charge in [-0.05, 0) is 53.6 Å². The Hall–Kier alpha value is -1.72. The Morgan fingerprint density at radius 1 is 1.04 bits per heavy atom. The van der Waals surface area contributed by atoms with E-state index in [1.807, 2.05) is 38.1 Å². The molecule has 1 aromatic heterocycles. The molecule has 0 aliphatic rings. The van der Waals surface area contributed by atoms with Crippen LogP contribution in [0.1, 0.15) is 43.0 Å².